The van der Waals surface area contributed by atoms with Gasteiger partial charge >= 0.3 is 0 Å². The van der Waals surface area contributed by atoms with Crippen molar-refractivity contribution in [1.82, 2.24) is 30.7 Å². The number of hydrogen-bond donors (Lipinski definition) is 2. The van der Waals surface area contributed by atoms with E-state index < -0.39 is 0 Å². The van der Waals surface area contributed by atoms with E-state index in [9.17, 15) is 4.79 Å². The van der Waals surface area contributed by atoms with Gasteiger partial charge in [-0.1, -0.05) is 20.8 Å². The number of anilines is 1. The highest BCUT2D eigenvalue weighted by Crippen LogP contribution is 2.24. The first-order valence-electron chi connectivity index (χ1n) is 9.73. The molecule has 0 spiro atoms. The van der Waals surface area contributed by atoms with Gasteiger partial charge in [0.1, 0.15) is 5.69 Å². The Morgan fingerprint density at radius 2 is 1.93 bits per heavy atom. The van der Waals surface area contributed by atoms with Crippen LogP contribution in [0.15, 0.2) is 42.7 Å². The zero-order chi connectivity index (χ0) is 20.4. The highest BCUT2D eigenvalue weighted by molar-refractivity contribution is 5.92. The lowest BCUT2D eigenvalue weighted by atomic mass is 9.92. The second-order valence-corrected chi connectivity index (χ2v) is 8.41. The van der Waals surface area contributed by atoms with Crippen LogP contribution in [0.25, 0.3) is 11.3 Å². The molecule has 8 heteroatoms. The Morgan fingerprint density at radius 3 is 2.55 bits per heavy atom. The van der Waals surface area contributed by atoms with Crippen molar-refractivity contribution < 1.29 is 4.79 Å². The third kappa shape index (κ3) is 4.26. The van der Waals surface area contributed by atoms with E-state index >= 15 is 0 Å². The molecule has 1 fully saturated rings. The normalized spacial score (nSPS) is 14.5. The molecular weight excluding hydrogens is 366 g/mol. The van der Waals surface area contributed by atoms with E-state index in [4.69, 9.17) is 0 Å². The molecule has 1 aliphatic heterocycles. The van der Waals surface area contributed by atoms with Crippen molar-refractivity contribution >= 4 is 11.7 Å². The molecule has 3 aromatic heterocycles. The largest absolute Gasteiger partial charge is 0.354 e. The molecule has 0 atom stereocenters. The number of nitrogens with one attached hydrogen (secondary N) is 2. The Bertz CT molecular complexity index is 970. The van der Waals surface area contributed by atoms with E-state index in [0.29, 0.717) is 18.2 Å². The molecule has 0 bridgehead atoms. The number of nitrogens with zero attached hydrogens (tertiary/aromatic N) is 5. The smallest absolute Gasteiger partial charge is 0.271 e. The molecule has 2 N–H and O–H groups in total. The number of carbonyl (C=O) groups is 1. The average Bonchev–Trinajstić information content (AvgIpc) is 3.19. The van der Waals surface area contributed by atoms with E-state index in [0.717, 1.165) is 35.9 Å². The number of pyridine rings is 1. The van der Waals surface area contributed by atoms with Gasteiger partial charge in [0.05, 0.1) is 5.69 Å². The molecule has 4 heterocycles. The Kier molecular flexibility index (Phi) is 5.00. The third-order valence-corrected chi connectivity index (χ3v) is 5.08. The molecule has 0 aliphatic carbocycles. The summed E-state index contributed by atoms with van der Waals surface area (Å²) in [6, 6.07) is 9.60. The highest BCUT2D eigenvalue weighted by Gasteiger charge is 2.29. The lowest BCUT2D eigenvalue weighted by molar-refractivity contribution is 0.0939. The number of aromatic amines is 1. The Hall–Kier alpha value is -3.29. The van der Waals surface area contributed by atoms with Gasteiger partial charge in [0.25, 0.3) is 5.91 Å². The molecule has 0 saturated carbocycles. The van der Waals surface area contributed by atoms with E-state index in [2.05, 4.69) is 56.4 Å². The molecular formula is C21H25N7O. The number of carbonyl (C=O) groups excluding carboxylic acids is 1. The Balaban J connectivity index is 1.26. The summed E-state index contributed by atoms with van der Waals surface area (Å²) in [4.78, 5) is 18.5. The van der Waals surface area contributed by atoms with Gasteiger partial charge in [-0.05, 0) is 30.3 Å². The number of aromatic nitrogens is 5. The molecule has 4 rings (SSSR count). The van der Waals surface area contributed by atoms with Gasteiger partial charge in [0.15, 0.2) is 5.82 Å². The van der Waals surface area contributed by atoms with Crippen LogP contribution in [0.2, 0.25) is 0 Å². The summed E-state index contributed by atoms with van der Waals surface area (Å²) in [6.07, 6.45) is 3.48. The zero-order valence-corrected chi connectivity index (χ0v) is 16.9. The number of rotatable bonds is 5. The molecule has 1 aliphatic rings. The first-order chi connectivity index (χ1) is 13.9. The molecule has 29 heavy (non-hydrogen) atoms. The summed E-state index contributed by atoms with van der Waals surface area (Å²) in [7, 11) is 0. The van der Waals surface area contributed by atoms with Crippen LogP contribution < -0.4 is 10.2 Å². The van der Waals surface area contributed by atoms with Crippen LogP contribution in [0.5, 0.6) is 0 Å². The van der Waals surface area contributed by atoms with Crippen molar-refractivity contribution in [3.8, 4) is 11.3 Å². The van der Waals surface area contributed by atoms with Crippen molar-refractivity contribution in [2.45, 2.75) is 26.2 Å². The fourth-order valence-corrected chi connectivity index (χ4v) is 3.21. The summed E-state index contributed by atoms with van der Waals surface area (Å²) in [5.41, 5.74) is 3.15. The Morgan fingerprint density at radius 1 is 1.17 bits per heavy atom. The minimum Gasteiger partial charge on any atom is -0.354 e. The van der Waals surface area contributed by atoms with E-state index in [1.165, 1.54) is 0 Å². The lowest BCUT2D eigenvalue weighted by Gasteiger charge is -2.39. The quantitative estimate of drug-likeness (QED) is 0.693. The number of hydrogen-bond acceptors (Lipinski definition) is 6. The van der Waals surface area contributed by atoms with Crippen LogP contribution in [0.3, 0.4) is 0 Å². The second kappa shape index (κ2) is 7.62. The van der Waals surface area contributed by atoms with Gasteiger partial charge in [-0.15, -0.1) is 10.2 Å². The van der Waals surface area contributed by atoms with Crippen LogP contribution in [-0.2, 0) is 5.41 Å². The van der Waals surface area contributed by atoms with Crippen LogP contribution in [-0.4, -0.2) is 50.9 Å². The number of amides is 1. The van der Waals surface area contributed by atoms with Crippen molar-refractivity contribution in [2.75, 3.05) is 24.5 Å². The van der Waals surface area contributed by atoms with Gasteiger partial charge in [0.2, 0.25) is 0 Å². The van der Waals surface area contributed by atoms with Gasteiger partial charge in [-0.3, -0.25) is 14.9 Å². The summed E-state index contributed by atoms with van der Waals surface area (Å²) in [6.45, 7) is 8.55. The standard InChI is InChI=1S/C21H25N7O/c1-21(2,3)18-10-17(25-26-18)20(29)23-11-14-12-28(13-14)19-5-4-16(24-27-19)15-6-8-22-9-7-15/h4-10,14H,11-13H2,1-3H3,(H,23,29)(H,25,26). The van der Waals surface area contributed by atoms with Gasteiger partial charge < -0.3 is 10.2 Å². The maximum atomic E-state index is 12.3. The fourth-order valence-electron chi connectivity index (χ4n) is 3.21. The second-order valence-electron chi connectivity index (χ2n) is 8.41. The van der Waals surface area contributed by atoms with Crippen molar-refractivity contribution in [3.63, 3.8) is 0 Å². The van der Waals surface area contributed by atoms with Crippen LogP contribution in [0.1, 0.15) is 37.0 Å². The minimum atomic E-state index is -0.142. The molecule has 0 aromatic carbocycles. The van der Waals surface area contributed by atoms with E-state index in [-0.39, 0.29) is 11.3 Å². The minimum absolute atomic E-state index is 0.0615. The molecule has 1 amide bonds. The summed E-state index contributed by atoms with van der Waals surface area (Å²) < 4.78 is 0. The first kappa shape index (κ1) is 19.0. The van der Waals surface area contributed by atoms with Crippen molar-refractivity contribution in [1.29, 1.82) is 0 Å². The maximum absolute atomic E-state index is 12.3. The Labute approximate surface area is 169 Å². The summed E-state index contributed by atoms with van der Waals surface area (Å²) in [5, 5.41) is 18.7. The maximum Gasteiger partial charge on any atom is 0.271 e. The van der Waals surface area contributed by atoms with Crippen molar-refractivity contribution in [3.05, 3.63) is 54.1 Å². The average molecular weight is 391 g/mol. The van der Waals surface area contributed by atoms with Crippen LogP contribution in [0.4, 0.5) is 5.82 Å². The van der Waals surface area contributed by atoms with E-state index in [1.807, 2.05) is 30.3 Å². The van der Waals surface area contributed by atoms with Crippen LogP contribution >= 0.6 is 0 Å². The highest BCUT2D eigenvalue weighted by atomic mass is 16.1. The number of H-pyrrole nitrogens is 1. The molecule has 8 nitrogen and oxygen atoms in total. The monoisotopic (exact) mass is 391 g/mol. The molecule has 150 valence electrons. The van der Waals surface area contributed by atoms with Gasteiger partial charge in [-0.25, -0.2) is 0 Å². The summed E-state index contributed by atoms with van der Waals surface area (Å²) >= 11 is 0. The molecule has 0 unspecified atom stereocenters. The first-order valence-corrected chi connectivity index (χ1v) is 9.73. The predicted octanol–water partition coefficient (Wildman–Crippen LogP) is 2.43. The summed E-state index contributed by atoms with van der Waals surface area (Å²) in [5.74, 6) is 1.10. The van der Waals surface area contributed by atoms with Crippen molar-refractivity contribution in [2.24, 2.45) is 5.92 Å². The molecule has 3 aromatic rings. The van der Waals surface area contributed by atoms with Gasteiger partial charge in [0, 0.05) is 54.6 Å². The predicted molar refractivity (Wildman–Crippen MR) is 111 cm³/mol. The molecule has 0 radical (unpaired) electrons. The topological polar surface area (TPSA) is 99.7 Å². The third-order valence-electron chi connectivity index (χ3n) is 5.08. The zero-order valence-electron chi connectivity index (χ0n) is 16.9. The van der Waals surface area contributed by atoms with Gasteiger partial charge in [-0.2, -0.15) is 5.10 Å². The van der Waals surface area contributed by atoms with Crippen LogP contribution in [0, 0.1) is 5.92 Å². The fraction of sp³-hybridized carbons (Fsp3) is 0.381. The lowest BCUT2D eigenvalue weighted by Crippen LogP contribution is -2.52. The SMILES string of the molecule is CC(C)(C)c1cc(C(=O)NCC2CN(c3ccc(-c4ccncc4)nn3)C2)n[nH]1. The molecule has 1 saturated heterocycles. The van der Waals surface area contributed by atoms with E-state index in [1.54, 1.807) is 12.4 Å².